The Kier molecular flexibility index (Phi) is 3.25. The summed E-state index contributed by atoms with van der Waals surface area (Å²) in [4.78, 5) is 0. The summed E-state index contributed by atoms with van der Waals surface area (Å²) in [6.45, 7) is 0. The average Bonchev–Trinajstić information content (AvgIpc) is 2.90. The standard InChI is InChI=1S/C17H14FNO/c1-20-15-9-7-13(8-10-15)16-11-12-19(17(16)18)14-5-3-2-4-6-14/h2-12H,1H3. The molecule has 3 heteroatoms. The van der Waals surface area contributed by atoms with E-state index in [4.69, 9.17) is 4.74 Å². The largest absolute Gasteiger partial charge is 0.497 e. The summed E-state index contributed by atoms with van der Waals surface area (Å²) in [6, 6.07) is 18.6. The lowest BCUT2D eigenvalue weighted by atomic mass is 10.1. The summed E-state index contributed by atoms with van der Waals surface area (Å²) in [5.41, 5.74) is 2.22. The fourth-order valence-electron chi connectivity index (χ4n) is 2.19. The number of nitrogens with zero attached hydrogens (tertiary/aromatic N) is 1. The van der Waals surface area contributed by atoms with Crippen LogP contribution in [0.3, 0.4) is 0 Å². The molecule has 0 radical (unpaired) electrons. The molecule has 20 heavy (non-hydrogen) atoms. The molecule has 0 saturated carbocycles. The molecule has 0 N–H and O–H groups in total. The molecule has 0 aliphatic rings. The van der Waals surface area contributed by atoms with Gasteiger partial charge in [-0.3, -0.25) is 4.57 Å². The van der Waals surface area contributed by atoms with E-state index in [0.717, 1.165) is 17.0 Å². The first-order valence-electron chi connectivity index (χ1n) is 6.36. The zero-order valence-corrected chi connectivity index (χ0v) is 11.1. The van der Waals surface area contributed by atoms with Gasteiger partial charge in [-0.1, -0.05) is 30.3 Å². The molecule has 3 aromatic rings. The van der Waals surface area contributed by atoms with E-state index >= 15 is 0 Å². The van der Waals surface area contributed by atoms with E-state index in [1.54, 1.807) is 23.9 Å². The molecule has 0 aliphatic heterocycles. The van der Waals surface area contributed by atoms with Crippen LogP contribution >= 0.6 is 0 Å². The number of ether oxygens (including phenoxy) is 1. The molecule has 1 heterocycles. The molecule has 0 aliphatic carbocycles. The zero-order chi connectivity index (χ0) is 13.9. The van der Waals surface area contributed by atoms with Crippen molar-refractivity contribution in [3.63, 3.8) is 0 Å². The maximum atomic E-state index is 14.5. The number of hydrogen-bond donors (Lipinski definition) is 0. The van der Waals surface area contributed by atoms with Gasteiger partial charge in [0.15, 0.2) is 0 Å². The minimum Gasteiger partial charge on any atom is -0.497 e. The highest BCUT2D eigenvalue weighted by molar-refractivity contribution is 5.65. The number of methoxy groups -OCH3 is 1. The summed E-state index contributed by atoms with van der Waals surface area (Å²) in [5, 5.41) is 0. The van der Waals surface area contributed by atoms with Crippen molar-refractivity contribution in [3.8, 4) is 22.6 Å². The molecule has 2 aromatic carbocycles. The van der Waals surface area contributed by atoms with Gasteiger partial charge in [0.25, 0.3) is 0 Å². The highest BCUT2D eigenvalue weighted by atomic mass is 19.1. The first-order chi connectivity index (χ1) is 9.79. The average molecular weight is 267 g/mol. The van der Waals surface area contributed by atoms with Crippen LogP contribution in [0.5, 0.6) is 5.75 Å². The first-order valence-corrected chi connectivity index (χ1v) is 6.36. The van der Waals surface area contributed by atoms with Gasteiger partial charge in [0.05, 0.1) is 7.11 Å². The molecule has 0 bridgehead atoms. The highest BCUT2D eigenvalue weighted by Gasteiger charge is 2.11. The third kappa shape index (κ3) is 2.18. The van der Waals surface area contributed by atoms with Gasteiger partial charge in [0.1, 0.15) is 5.75 Å². The normalized spacial score (nSPS) is 10.5. The summed E-state index contributed by atoms with van der Waals surface area (Å²) in [6.07, 6.45) is 1.74. The number of rotatable bonds is 3. The van der Waals surface area contributed by atoms with Crippen molar-refractivity contribution < 1.29 is 9.13 Å². The molecule has 100 valence electrons. The number of benzene rings is 2. The number of para-hydroxylation sites is 1. The van der Waals surface area contributed by atoms with Crippen LogP contribution in [0.4, 0.5) is 4.39 Å². The van der Waals surface area contributed by atoms with Crippen LogP contribution in [0.25, 0.3) is 16.8 Å². The van der Waals surface area contributed by atoms with E-state index in [2.05, 4.69) is 0 Å². The quantitative estimate of drug-likeness (QED) is 0.690. The van der Waals surface area contributed by atoms with Crippen molar-refractivity contribution in [2.24, 2.45) is 0 Å². The van der Waals surface area contributed by atoms with E-state index in [-0.39, 0.29) is 5.95 Å². The Labute approximate surface area is 117 Å². The summed E-state index contributed by atoms with van der Waals surface area (Å²) in [5.74, 6) is 0.498. The van der Waals surface area contributed by atoms with Crippen molar-refractivity contribution in [1.82, 2.24) is 4.57 Å². The van der Waals surface area contributed by atoms with Gasteiger partial charge in [0, 0.05) is 17.4 Å². The van der Waals surface area contributed by atoms with Crippen LogP contribution in [0.2, 0.25) is 0 Å². The minimum atomic E-state index is -0.263. The lowest BCUT2D eigenvalue weighted by Crippen LogP contribution is -1.95. The Morgan fingerprint density at radius 3 is 2.25 bits per heavy atom. The van der Waals surface area contributed by atoms with Crippen molar-refractivity contribution in [2.45, 2.75) is 0 Å². The zero-order valence-electron chi connectivity index (χ0n) is 11.1. The Balaban J connectivity index is 2.01. The maximum absolute atomic E-state index is 14.5. The van der Waals surface area contributed by atoms with Gasteiger partial charge in [-0.05, 0) is 35.9 Å². The van der Waals surface area contributed by atoms with E-state index in [9.17, 15) is 4.39 Å². The van der Waals surface area contributed by atoms with Gasteiger partial charge in [-0.25, -0.2) is 0 Å². The molecular formula is C17H14FNO. The fourth-order valence-corrected chi connectivity index (χ4v) is 2.19. The van der Waals surface area contributed by atoms with Crippen LogP contribution in [-0.2, 0) is 0 Å². The lowest BCUT2D eigenvalue weighted by Gasteiger charge is -2.05. The monoisotopic (exact) mass is 267 g/mol. The summed E-state index contributed by atoms with van der Waals surface area (Å²) in [7, 11) is 1.61. The second-order valence-electron chi connectivity index (χ2n) is 4.45. The number of halogens is 1. The summed E-state index contributed by atoms with van der Waals surface area (Å²) < 4.78 is 21.2. The second-order valence-corrected chi connectivity index (χ2v) is 4.45. The van der Waals surface area contributed by atoms with Crippen LogP contribution in [0.1, 0.15) is 0 Å². The molecule has 0 atom stereocenters. The number of hydrogen-bond acceptors (Lipinski definition) is 1. The predicted molar refractivity (Wildman–Crippen MR) is 77.7 cm³/mol. The first kappa shape index (κ1) is 12.5. The van der Waals surface area contributed by atoms with Crippen molar-refractivity contribution in [3.05, 3.63) is 72.8 Å². The predicted octanol–water partition coefficient (Wildman–Crippen LogP) is 4.29. The molecule has 0 spiro atoms. The van der Waals surface area contributed by atoms with Gasteiger partial charge in [-0.15, -0.1) is 0 Å². The Morgan fingerprint density at radius 1 is 0.900 bits per heavy atom. The van der Waals surface area contributed by atoms with Crippen LogP contribution < -0.4 is 4.74 Å². The van der Waals surface area contributed by atoms with Crippen LogP contribution in [-0.4, -0.2) is 11.7 Å². The van der Waals surface area contributed by atoms with Crippen LogP contribution in [0.15, 0.2) is 66.9 Å². The molecular weight excluding hydrogens is 253 g/mol. The molecule has 0 unspecified atom stereocenters. The van der Waals surface area contributed by atoms with Gasteiger partial charge in [0.2, 0.25) is 5.95 Å². The van der Waals surface area contributed by atoms with Crippen LogP contribution in [0, 0.1) is 5.95 Å². The van der Waals surface area contributed by atoms with Crippen molar-refractivity contribution in [2.75, 3.05) is 7.11 Å². The fraction of sp³-hybridized carbons (Fsp3) is 0.0588. The van der Waals surface area contributed by atoms with Gasteiger partial charge in [-0.2, -0.15) is 4.39 Å². The van der Waals surface area contributed by atoms with Gasteiger partial charge < -0.3 is 4.74 Å². The molecule has 3 rings (SSSR count). The smallest absolute Gasteiger partial charge is 0.206 e. The molecule has 1 aromatic heterocycles. The highest BCUT2D eigenvalue weighted by Crippen LogP contribution is 2.27. The third-order valence-electron chi connectivity index (χ3n) is 3.26. The third-order valence-corrected chi connectivity index (χ3v) is 3.26. The SMILES string of the molecule is COc1ccc(-c2ccn(-c3ccccc3)c2F)cc1. The number of aromatic nitrogens is 1. The van der Waals surface area contributed by atoms with Crippen molar-refractivity contribution >= 4 is 0 Å². The van der Waals surface area contributed by atoms with E-state index in [1.807, 2.05) is 54.6 Å². The van der Waals surface area contributed by atoms with Crippen molar-refractivity contribution in [1.29, 1.82) is 0 Å². The molecule has 2 nitrogen and oxygen atoms in total. The minimum absolute atomic E-state index is 0.263. The maximum Gasteiger partial charge on any atom is 0.206 e. The van der Waals surface area contributed by atoms with E-state index in [0.29, 0.717) is 5.56 Å². The Bertz CT molecular complexity index is 702. The Morgan fingerprint density at radius 2 is 1.60 bits per heavy atom. The molecule has 0 fully saturated rings. The molecule has 0 amide bonds. The molecule has 0 saturated heterocycles. The van der Waals surface area contributed by atoms with E-state index < -0.39 is 0 Å². The Hall–Kier alpha value is -2.55. The van der Waals surface area contributed by atoms with Gasteiger partial charge >= 0.3 is 0 Å². The lowest BCUT2D eigenvalue weighted by molar-refractivity contribution is 0.415. The summed E-state index contributed by atoms with van der Waals surface area (Å²) >= 11 is 0. The van der Waals surface area contributed by atoms with E-state index in [1.165, 1.54) is 0 Å². The topological polar surface area (TPSA) is 14.2 Å². The second kappa shape index (κ2) is 5.21.